The molecule has 0 aliphatic heterocycles. The molecule has 56 valence electrons. The minimum atomic E-state index is -0.282. The van der Waals surface area contributed by atoms with Crippen molar-refractivity contribution in [3.63, 3.8) is 0 Å². The zero-order chi connectivity index (χ0) is 7.86. The number of rotatable bonds is 0. The van der Waals surface area contributed by atoms with Crippen LogP contribution in [-0.4, -0.2) is 32.0 Å². The molecule has 0 rings (SSSR count). The molecule has 0 bridgehead atoms. The Morgan fingerprint density at radius 2 is 1.56 bits per heavy atom. The van der Waals surface area contributed by atoms with Gasteiger partial charge in [-0.3, -0.25) is 4.79 Å². The third kappa shape index (κ3) is 78.0. The van der Waals surface area contributed by atoms with Crippen molar-refractivity contribution in [2.75, 3.05) is 21.1 Å². The van der Waals surface area contributed by atoms with Gasteiger partial charge in [0.1, 0.15) is 0 Å². The number of nitrogens with zero attached hydrogens (tertiary/aromatic N) is 1. The minimum Gasteiger partial charge on any atom is -0.452 e. The molecular weight excluding hydrogens is 137 g/mol. The first-order valence-corrected chi connectivity index (χ1v) is 2.96. The molecule has 0 aliphatic carbocycles. The van der Waals surface area contributed by atoms with Crippen LogP contribution in [-0.2, 0) is 9.32 Å². The summed E-state index contributed by atoms with van der Waals surface area (Å²) in [7, 11) is 7.84. The quantitative estimate of drug-likeness (QED) is 0.472. The van der Waals surface area contributed by atoms with E-state index in [0.29, 0.717) is 0 Å². The van der Waals surface area contributed by atoms with Crippen LogP contribution in [0.1, 0.15) is 6.92 Å². The van der Waals surface area contributed by atoms with Gasteiger partial charge in [-0.1, -0.05) is 0 Å². The first-order chi connectivity index (χ1) is 4.00. The molecule has 0 aliphatic rings. The second kappa shape index (κ2) is 7.86. The summed E-state index contributed by atoms with van der Waals surface area (Å²) in [5.41, 5.74) is 0. The van der Waals surface area contributed by atoms with Gasteiger partial charge in [0.25, 0.3) is 0 Å². The average Bonchev–Trinajstić information content (AvgIpc) is 1.65. The molecule has 0 aromatic heterocycles. The van der Waals surface area contributed by atoms with Gasteiger partial charge >= 0.3 is 5.97 Å². The summed E-state index contributed by atoms with van der Waals surface area (Å²) in [4.78, 5) is 11.6. The third-order valence-corrected chi connectivity index (χ3v) is 0.498. The smallest absolute Gasteiger partial charge is 0.304 e. The van der Waals surface area contributed by atoms with Crippen LogP contribution in [0.4, 0.5) is 0 Å². The summed E-state index contributed by atoms with van der Waals surface area (Å²) in [6.07, 6.45) is 0. The topological polar surface area (TPSA) is 29.5 Å². The Balaban J connectivity index is 0. The second-order valence-electron chi connectivity index (χ2n) is 1.95. The summed E-state index contributed by atoms with van der Waals surface area (Å²) >= 11 is 0. The molecule has 0 spiro atoms. The van der Waals surface area contributed by atoms with Gasteiger partial charge in [-0.25, -0.2) is 0 Å². The number of hydrogen-bond donors (Lipinski definition) is 0. The van der Waals surface area contributed by atoms with Crippen molar-refractivity contribution in [1.29, 1.82) is 0 Å². The number of carbonyl (C=O) groups excluding carboxylic acids is 1. The first-order valence-electron chi connectivity index (χ1n) is 2.49. The van der Waals surface area contributed by atoms with E-state index >= 15 is 0 Å². The molecular formula is C5H14NO2P. The lowest BCUT2D eigenvalue weighted by molar-refractivity contribution is -0.130. The Labute approximate surface area is 58.7 Å². The number of hydrogen-bond acceptors (Lipinski definition) is 3. The summed E-state index contributed by atoms with van der Waals surface area (Å²) in [5, 5.41) is 0. The van der Waals surface area contributed by atoms with Crippen molar-refractivity contribution in [3.8, 4) is 0 Å². The fourth-order valence-corrected chi connectivity index (χ4v) is 0. The van der Waals surface area contributed by atoms with Crippen molar-refractivity contribution >= 4 is 15.4 Å². The van der Waals surface area contributed by atoms with E-state index in [0.717, 1.165) is 0 Å². The van der Waals surface area contributed by atoms with Crippen LogP contribution >= 0.6 is 9.47 Å². The van der Waals surface area contributed by atoms with E-state index in [-0.39, 0.29) is 5.97 Å². The highest BCUT2D eigenvalue weighted by atomic mass is 31.0. The normalized spacial score (nSPS) is 7.78. The van der Waals surface area contributed by atoms with Crippen molar-refractivity contribution in [3.05, 3.63) is 0 Å². The molecule has 3 nitrogen and oxygen atoms in total. The van der Waals surface area contributed by atoms with E-state index in [1.54, 1.807) is 0 Å². The van der Waals surface area contributed by atoms with Crippen LogP contribution < -0.4 is 0 Å². The lowest BCUT2D eigenvalue weighted by Crippen LogP contribution is -1.99. The molecule has 0 radical (unpaired) electrons. The molecule has 0 saturated heterocycles. The SMILES string of the molecule is CC(=O)OP.CN(C)C. The maximum absolute atomic E-state index is 9.57. The van der Waals surface area contributed by atoms with E-state index in [1.807, 2.05) is 35.5 Å². The zero-order valence-corrected chi connectivity index (χ0v) is 7.50. The lowest BCUT2D eigenvalue weighted by Gasteiger charge is -1.90. The molecule has 0 aromatic carbocycles. The summed E-state index contributed by atoms with van der Waals surface area (Å²) < 4.78 is 4.03. The highest BCUT2D eigenvalue weighted by Gasteiger charge is 1.76. The lowest BCUT2D eigenvalue weighted by atomic mass is 10.9. The monoisotopic (exact) mass is 151 g/mol. The molecule has 9 heavy (non-hydrogen) atoms. The number of carbonyl (C=O) groups is 1. The van der Waals surface area contributed by atoms with E-state index in [4.69, 9.17) is 0 Å². The van der Waals surface area contributed by atoms with Crippen molar-refractivity contribution in [1.82, 2.24) is 4.90 Å². The molecule has 0 fully saturated rings. The molecule has 4 heteroatoms. The molecule has 0 N–H and O–H groups in total. The maximum atomic E-state index is 9.57. The predicted molar refractivity (Wildman–Crippen MR) is 41.1 cm³/mol. The van der Waals surface area contributed by atoms with Gasteiger partial charge in [0, 0.05) is 6.92 Å². The van der Waals surface area contributed by atoms with Gasteiger partial charge in [0.05, 0.1) is 9.47 Å². The fourth-order valence-electron chi connectivity index (χ4n) is 0. The Bertz CT molecular complexity index is 72.6. The van der Waals surface area contributed by atoms with Crippen LogP contribution in [0.3, 0.4) is 0 Å². The van der Waals surface area contributed by atoms with Gasteiger partial charge < -0.3 is 9.42 Å². The van der Waals surface area contributed by atoms with E-state index in [2.05, 4.69) is 4.52 Å². The van der Waals surface area contributed by atoms with E-state index in [9.17, 15) is 4.79 Å². The first kappa shape index (κ1) is 11.6. The highest BCUT2D eigenvalue weighted by molar-refractivity contribution is 7.10. The van der Waals surface area contributed by atoms with Crippen molar-refractivity contribution in [2.24, 2.45) is 0 Å². The van der Waals surface area contributed by atoms with Gasteiger partial charge in [-0.2, -0.15) is 0 Å². The summed E-state index contributed by atoms with van der Waals surface area (Å²) in [5.74, 6) is -0.282. The van der Waals surface area contributed by atoms with Gasteiger partial charge in [0.2, 0.25) is 0 Å². The molecule has 0 heterocycles. The van der Waals surface area contributed by atoms with E-state index < -0.39 is 0 Å². The molecule has 1 atom stereocenters. The van der Waals surface area contributed by atoms with Gasteiger partial charge in [-0.15, -0.1) is 0 Å². The highest BCUT2D eigenvalue weighted by Crippen LogP contribution is 1.81. The maximum Gasteiger partial charge on any atom is 0.304 e. The van der Waals surface area contributed by atoms with Crippen molar-refractivity contribution < 1.29 is 9.32 Å². The molecule has 0 saturated carbocycles. The zero-order valence-electron chi connectivity index (χ0n) is 6.34. The van der Waals surface area contributed by atoms with Crippen LogP contribution in [0.25, 0.3) is 0 Å². The molecule has 1 unspecified atom stereocenters. The largest absolute Gasteiger partial charge is 0.452 e. The van der Waals surface area contributed by atoms with Gasteiger partial charge in [-0.05, 0) is 21.1 Å². The standard InChI is InChI=1S/C3H9N.C2H5O2P/c1-4(2)3;1-2(3)4-5/h1-3H3;5H2,1H3. The van der Waals surface area contributed by atoms with Crippen LogP contribution in [0.2, 0.25) is 0 Å². The minimum absolute atomic E-state index is 0.282. The van der Waals surface area contributed by atoms with Gasteiger partial charge in [0.15, 0.2) is 0 Å². The Hall–Kier alpha value is -0.140. The Kier molecular flexibility index (Phi) is 10.2. The van der Waals surface area contributed by atoms with Crippen LogP contribution in [0, 0.1) is 0 Å². The average molecular weight is 151 g/mol. The summed E-state index contributed by atoms with van der Waals surface area (Å²) in [6.45, 7) is 1.34. The molecule has 0 amide bonds. The predicted octanol–water partition coefficient (Wildman–Crippen LogP) is 0.517. The summed E-state index contributed by atoms with van der Waals surface area (Å²) in [6, 6.07) is 0. The van der Waals surface area contributed by atoms with Crippen LogP contribution in [0.15, 0.2) is 0 Å². The fraction of sp³-hybridized carbons (Fsp3) is 0.800. The molecule has 0 aromatic rings. The van der Waals surface area contributed by atoms with Crippen molar-refractivity contribution in [2.45, 2.75) is 6.92 Å². The second-order valence-corrected chi connectivity index (χ2v) is 2.19. The van der Waals surface area contributed by atoms with E-state index in [1.165, 1.54) is 6.92 Å². The van der Waals surface area contributed by atoms with Crippen LogP contribution in [0.5, 0.6) is 0 Å². The third-order valence-electron chi connectivity index (χ3n) is 0.166. The Morgan fingerprint density at radius 1 is 1.44 bits per heavy atom. The Morgan fingerprint density at radius 3 is 1.56 bits per heavy atom.